The van der Waals surface area contributed by atoms with Gasteiger partial charge in [0.2, 0.25) is 17.7 Å². The number of carbonyl (C=O) groups is 5. The van der Waals surface area contributed by atoms with Gasteiger partial charge in [0.1, 0.15) is 11.4 Å². The quantitative estimate of drug-likeness (QED) is 0.0686. The summed E-state index contributed by atoms with van der Waals surface area (Å²) >= 11 is 0. The van der Waals surface area contributed by atoms with Crippen LogP contribution in [0.1, 0.15) is 37.9 Å². The summed E-state index contributed by atoms with van der Waals surface area (Å²) in [6.07, 6.45) is 8.25. The molecule has 0 bridgehead atoms. The molecule has 11 N–H and O–H groups in total. The number of nitrogens with two attached hydrogens (primary N) is 1. The van der Waals surface area contributed by atoms with Gasteiger partial charge in [0, 0.05) is 220 Å². The Morgan fingerprint density at radius 2 is 0.750 bits per heavy atom. The molecule has 2 aliphatic rings. The topological polar surface area (TPSA) is 482 Å². The first-order valence-electron chi connectivity index (χ1n) is 25.4. The van der Waals surface area contributed by atoms with Crippen molar-refractivity contribution in [3.05, 3.63) is 251 Å². The number of amides is 3. The number of allylic oxidation sites excluding steroid dienone is 6. The average molecular weight is 1420 g/mol. The number of aromatic hydroxyl groups is 1. The molecule has 0 saturated carbocycles. The third-order valence-electron chi connectivity index (χ3n) is 11.8. The molecular weight excluding hydrogens is 1360 g/mol. The van der Waals surface area contributed by atoms with Gasteiger partial charge in [-0.2, -0.15) is 0 Å². The number of benzene rings is 4. The first-order chi connectivity index (χ1) is 43.1. The van der Waals surface area contributed by atoms with Crippen LogP contribution in [0.5, 0.6) is 5.75 Å². The van der Waals surface area contributed by atoms with E-state index in [1.165, 1.54) is 72.7 Å². The Labute approximate surface area is 693 Å². The van der Waals surface area contributed by atoms with Crippen LogP contribution in [0.4, 0.5) is 22.7 Å². The number of nitrogens with zero attached hydrogens (tertiary/aromatic N) is 14. The van der Waals surface area contributed by atoms with Gasteiger partial charge in [0.05, 0.1) is 57.0 Å². The van der Waals surface area contributed by atoms with Crippen molar-refractivity contribution in [1.29, 1.82) is 31.6 Å². The third-order valence-corrected chi connectivity index (χ3v) is 11.8. The van der Waals surface area contributed by atoms with Crippen LogP contribution >= 0.6 is 0 Å². The van der Waals surface area contributed by atoms with E-state index in [-0.39, 0.29) is 257 Å². The van der Waals surface area contributed by atoms with E-state index in [2.05, 4.69) is 25.9 Å². The van der Waals surface area contributed by atoms with Gasteiger partial charge in [-0.1, -0.05) is 60.7 Å². The molecule has 0 saturated heterocycles. The molecule has 3 aromatic heterocycles. The summed E-state index contributed by atoms with van der Waals surface area (Å²) in [6, 6.07) is 34.3. The number of hydrogen-bond acceptors (Lipinski definition) is 19. The second-order valence-corrected chi connectivity index (χ2v) is 17.5. The van der Waals surface area contributed by atoms with Crippen molar-refractivity contribution >= 4 is 218 Å². The van der Waals surface area contributed by atoms with Crippen molar-refractivity contribution in [1.82, 2.24) is 44.9 Å². The normalized spacial score (nSPS) is 11.1. The Balaban J connectivity index is -0.000000212. The molecular formula is C63H63FeK3N19O10. The Morgan fingerprint density at radius 3 is 1.02 bits per heavy atom. The summed E-state index contributed by atoms with van der Waals surface area (Å²) < 4.78 is 9.80. The molecule has 2 aliphatic carbocycles. The van der Waals surface area contributed by atoms with Gasteiger partial charge >= 0.3 is 17.1 Å². The Hall–Kier alpha value is -8.15. The van der Waals surface area contributed by atoms with Crippen LogP contribution in [0, 0.1) is 91.8 Å². The first-order valence-corrected chi connectivity index (χ1v) is 25.4. The van der Waals surface area contributed by atoms with E-state index in [1.54, 1.807) is 64.9 Å². The molecule has 4 aromatic carbocycles. The van der Waals surface area contributed by atoms with Crippen LogP contribution in [0.2, 0.25) is 0 Å². The fourth-order valence-electron chi connectivity index (χ4n) is 7.79. The molecule has 9 rings (SSSR count). The zero-order valence-electron chi connectivity index (χ0n) is 54.5. The first kappa shape index (κ1) is 101. The SMILES string of the molecule is CC(=O)NC1=CC(=O)C=CC1=Nc1c(C)n(C)n(-c2ccccc2)c1=O.CC(=O)NC1=CC(=O)C=CC1=Nc1c(C)n(C)n(-c2ccccc2)c1=O.CC(=O)Nc1cccc(O)c1.Cc1c(N)c(=O)n(-c2ccccc2)n1C.N.O.[C-]#N.[C-]#N.[C-]#N.[C-]#N.[C-]#N.[C-]#N.[Fe+6].[K].[K].[K]. The minimum absolute atomic E-state index is 0. The van der Waals surface area contributed by atoms with E-state index in [9.17, 15) is 38.4 Å². The number of nitrogen functional groups attached to an aromatic ring is 1. The van der Waals surface area contributed by atoms with Crippen molar-refractivity contribution < 1.29 is 51.6 Å². The Kier molecular flexibility index (Phi) is 57.0. The van der Waals surface area contributed by atoms with E-state index in [4.69, 9.17) is 81.8 Å². The number of carbonyl (C=O) groups excluding carboxylic acids is 5. The van der Waals surface area contributed by atoms with Crippen molar-refractivity contribution in [2.45, 2.75) is 41.5 Å². The fourth-order valence-corrected chi connectivity index (χ4v) is 7.79. The predicted molar refractivity (Wildman–Crippen MR) is 356 cm³/mol. The van der Waals surface area contributed by atoms with Gasteiger partial charge in [-0.05, 0) is 93.6 Å². The average Bonchev–Trinajstić information content (AvgIpc) is 1.65. The van der Waals surface area contributed by atoms with E-state index < -0.39 is 0 Å². The van der Waals surface area contributed by atoms with Crippen LogP contribution < -0.4 is 44.5 Å². The molecule has 7 aromatic rings. The number of phenols is 1. The molecule has 29 nitrogen and oxygen atoms in total. The van der Waals surface area contributed by atoms with Crippen molar-refractivity contribution in [3.8, 4) is 22.8 Å². The monoisotopic (exact) mass is 1420 g/mol. The smallest absolute Gasteiger partial charge is 0.512 e. The molecule has 3 amide bonds. The summed E-state index contributed by atoms with van der Waals surface area (Å²) in [5.41, 5.74) is 12.0. The number of nitrogens with one attached hydrogen (secondary N) is 3. The fraction of sp³-hybridized carbons (Fsp3) is 0.143. The van der Waals surface area contributed by atoms with Crippen LogP contribution in [0.3, 0.4) is 0 Å². The number of ketones is 2. The molecule has 0 unspecified atom stereocenters. The predicted octanol–water partition coefficient (Wildman–Crippen LogP) is 4.62. The van der Waals surface area contributed by atoms with Crippen molar-refractivity contribution in [2.24, 2.45) is 31.1 Å². The summed E-state index contributed by atoms with van der Waals surface area (Å²) in [7, 11) is 5.37. The number of aromatic nitrogens is 6. The van der Waals surface area contributed by atoms with Crippen LogP contribution in [0.15, 0.2) is 187 Å². The molecule has 0 atom stereocenters. The number of aliphatic imine (C=N–C) groups is 2. The minimum atomic E-state index is -0.321. The van der Waals surface area contributed by atoms with E-state index in [0.29, 0.717) is 34.2 Å². The van der Waals surface area contributed by atoms with E-state index >= 15 is 0 Å². The van der Waals surface area contributed by atoms with Crippen LogP contribution in [-0.2, 0) is 62.2 Å². The zero-order valence-corrected chi connectivity index (χ0v) is 65.0. The summed E-state index contributed by atoms with van der Waals surface area (Å²) in [5.74, 6) is -1.14. The van der Waals surface area contributed by atoms with Crippen LogP contribution in [0.25, 0.3) is 17.1 Å². The Morgan fingerprint density at radius 1 is 0.458 bits per heavy atom. The van der Waals surface area contributed by atoms with Crippen molar-refractivity contribution in [2.75, 3.05) is 11.1 Å². The maximum Gasteiger partial charge on any atom is 6.00 e. The van der Waals surface area contributed by atoms with Gasteiger partial charge < -0.3 is 109 Å². The number of phenolic OH excluding ortho intramolecular Hbond substituents is 1. The molecule has 3 radical (unpaired) electrons. The summed E-state index contributed by atoms with van der Waals surface area (Å²) in [5, 5.41) is 54.2. The third kappa shape index (κ3) is 29.9. The van der Waals surface area contributed by atoms with E-state index in [1.807, 2.05) is 105 Å². The van der Waals surface area contributed by atoms with Gasteiger partial charge in [0.15, 0.2) is 22.9 Å². The molecule has 0 spiro atoms. The maximum atomic E-state index is 12.9. The Bertz CT molecular complexity index is 3970. The number of para-hydroxylation sites is 3. The summed E-state index contributed by atoms with van der Waals surface area (Å²) in [6.45, 7) is 38.0. The summed E-state index contributed by atoms with van der Waals surface area (Å²) in [4.78, 5) is 103. The number of hydrogen-bond donors (Lipinski definition) is 6. The molecule has 0 fully saturated rings. The van der Waals surface area contributed by atoms with Gasteiger partial charge in [-0.3, -0.25) is 52.4 Å². The molecule has 33 heteroatoms. The molecule has 3 heterocycles. The number of rotatable bonds is 8. The van der Waals surface area contributed by atoms with Gasteiger partial charge in [-0.15, -0.1) is 0 Å². The molecule has 0 aliphatic heterocycles. The molecule has 481 valence electrons. The second kappa shape index (κ2) is 54.0. The van der Waals surface area contributed by atoms with Gasteiger partial charge in [0.25, 0.3) is 16.7 Å². The second-order valence-electron chi connectivity index (χ2n) is 17.5. The van der Waals surface area contributed by atoms with E-state index in [0.717, 1.165) is 22.8 Å². The van der Waals surface area contributed by atoms with Gasteiger partial charge in [-0.25, -0.2) is 24.0 Å². The van der Waals surface area contributed by atoms with Crippen molar-refractivity contribution in [3.63, 3.8) is 0 Å². The molecule has 96 heavy (non-hydrogen) atoms. The standard InChI is InChI=1S/2C19H18N4O3.C11H13N3O.C8H9NO2.6CN.Fe.3K.H3N.H2O/c2*1-12-18(19(26)23(22(12)3)14-7-5-4-6-8-14)21-16-10-9-15(25)11-17(16)20-13(2)24;1-8-10(12)11(15)14(13(8)2)9-6-4-3-5-7-9;1-6(10)9-7-3-2-4-8(11)5-7;6*1-2;;;;;;/h2*4-11H,1-3H3,(H,20,24);3-7H,12H2,1-2H3;2-5,11H,1H3,(H,9,10);;;;;;;;;;;1H3;1H2/q;;;;6*-1;+6;;;;;. The minimum Gasteiger partial charge on any atom is -0.512 e. The maximum absolute atomic E-state index is 12.9. The van der Waals surface area contributed by atoms with Crippen LogP contribution in [-0.4, -0.2) is 234 Å². The zero-order chi connectivity index (χ0) is 69.0. The number of anilines is 2. The largest absolute Gasteiger partial charge is 6.00 e.